The first-order valence-electron chi connectivity index (χ1n) is 11.8. The van der Waals surface area contributed by atoms with Crippen molar-refractivity contribution in [3.63, 3.8) is 0 Å². The molecule has 8 nitrogen and oxygen atoms in total. The number of nitriles is 1. The van der Waals surface area contributed by atoms with E-state index >= 15 is 0 Å². The number of alkyl halides is 3. The van der Waals surface area contributed by atoms with Gasteiger partial charge in [0.2, 0.25) is 0 Å². The molecule has 2 N–H and O–H groups in total. The van der Waals surface area contributed by atoms with E-state index in [4.69, 9.17) is 22.1 Å². The van der Waals surface area contributed by atoms with Gasteiger partial charge in [0.05, 0.1) is 33.6 Å². The summed E-state index contributed by atoms with van der Waals surface area (Å²) in [5.41, 5.74) is 3.35. The number of carbonyl (C=O) groups is 1. The summed E-state index contributed by atoms with van der Waals surface area (Å²) in [5, 5.41) is 10.6. The maximum absolute atomic E-state index is 13.9. The van der Waals surface area contributed by atoms with Crippen molar-refractivity contribution in [2.45, 2.75) is 57.7 Å². The summed E-state index contributed by atoms with van der Waals surface area (Å²) >= 11 is 6.53. The van der Waals surface area contributed by atoms with Crippen molar-refractivity contribution in [1.82, 2.24) is 19.9 Å². The van der Waals surface area contributed by atoms with Crippen molar-refractivity contribution in [3.05, 3.63) is 46.4 Å². The Morgan fingerprint density at radius 1 is 1.18 bits per heavy atom. The highest BCUT2D eigenvalue weighted by Gasteiger charge is 2.42. The number of amides is 1. The molecule has 0 unspecified atom stereocenters. The van der Waals surface area contributed by atoms with Crippen LogP contribution in [0.5, 0.6) is 0 Å². The quantitative estimate of drug-likeness (QED) is 0.416. The first-order chi connectivity index (χ1) is 17.6. The van der Waals surface area contributed by atoms with Gasteiger partial charge in [0.25, 0.3) is 0 Å². The van der Waals surface area contributed by atoms with Crippen LogP contribution in [-0.4, -0.2) is 44.6 Å². The Labute approximate surface area is 222 Å². The molecule has 38 heavy (non-hydrogen) atoms. The van der Waals surface area contributed by atoms with Gasteiger partial charge in [-0.05, 0) is 64.3 Å². The molecule has 1 fully saturated rings. The number of ether oxygens (including phenoxy) is 1. The van der Waals surface area contributed by atoms with Crippen LogP contribution >= 0.6 is 11.6 Å². The summed E-state index contributed by atoms with van der Waals surface area (Å²) in [7, 11) is 0. The van der Waals surface area contributed by atoms with Crippen molar-refractivity contribution in [2.75, 3.05) is 18.8 Å². The molecule has 0 radical (unpaired) electrons. The highest BCUT2D eigenvalue weighted by atomic mass is 35.5. The molecule has 12 heteroatoms. The molecule has 1 aliphatic heterocycles. The lowest BCUT2D eigenvalue weighted by molar-refractivity contribution is -0.137. The Bertz CT molecular complexity index is 1450. The highest BCUT2D eigenvalue weighted by molar-refractivity contribution is 6.34. The number of halogens is 4. The second kappa shape index (κ2) is 9.58. The third-order valence-electron chi connectivity index (χ3n) is 6.44. The minimum absolute atomic E-state index is 0.0114. The molecule has 200 valence electrons. The average Bonchev–Trinajstić information content (AvgIpc) is 2.80. The fraction of sp³-hybridized carbons (Fsp3) is 0.423. The largest absolute Gasteiger partial charge is 0.444 e. The lowest BCUT2D eigenvalue weighted by Crippen LogP contribution is -2.46. The summed E-state index contributed by atoms with van der Waals surface area (Å²) in [6.07, 6.45) is -3.33. The SMILES string of the molecule is Cc1cc(N)nc(-c2cc3ncnc(C4(C#N)CCN(C(=O)OC(C)(C)C)CC4)c3cc2Cl)c1C(F)(F)F. The van der Waals surface area contributed by atoms with Gasteiger partial charge in [-0.2, -0.15) is 18.4 Å². The van der Waals surface area contributed by atoms with E-state index in [1.54, 1.807) is 25.7 Å². The zero-order valence-corrected chi connectivity index (χ0v) is 22.0. The van der Waals surface area contributed by atoms with Gasteiger partial charge < -0.3 is 15.4 Å². The number of pyridine rings is 1. The summed E-state index contributed by atoms with van der Waals surface area (Å²) in [6.45, 7) is 7.16. The molecule has 0 spiro atoms. The molecule has 1 aliphatic rings. The van der Waals surface area contributed by atoms with Gasteiger partial charge in [0.1, 0.15) is 23.2 Å². The van der Waals surface area contributed by atoms with Crippen molar-refractivity contribution in [2.24, 2.45) is 0 Å². The standard InChI is InChI=1S/C26H26ClF3N6O2/c1-14-9-19(32)35-21(20(14)26(28,29)30)15-11-18-16(10-17(15)27)22(34-13-33-18)25(12-31)5-7-36(8-6-25)23(37)38-24(2,3)4/h9-11,13H,5-8H2,1-4H3,(H2,32,35). The van der Waals surface area contributed by atoms with Crippen LogP contribution in [0.25, 0.3) is 22.2 Å². The minimum Gasteiger partial charge on any atom is -0.444 e. The molecule has 4 rings (SSSR count). The number of benzene rings is 1. The normalized spacial score (nSPS) is 15.8. The van der Waals surface area contributed by atoms with Crippen LogP contribution in [0.2, 0.25) is 5.02 Å². The number of nitrogen functional groups attached to an aromatic ring is 1. The zero-order chi connectivity index (χ0) is 28.0. The second-order valence-corrected chi connectivity index (χ2v) is 10.7. The van der Waals surface area contributed by atoms with E-state index in [1.807, 2.05) is 0 Å². The number of piperidine rings is 1. The lowest BCUT2D eigenvalue weighted by Gasteiger charge is -2.37. The number of aromatic nitrogens is 3. The maximum Gasteiger partial charge on any atom is 0.418 e. The number of rotatable bonds is 2. The molecular formula is C26H26ClF3N6O2. The van der Waals surface area contributed by atoms with Crippen molar-refractivity contribution in [3.8, 4) is 17.3 Å². The molecule has 0 bridgehead atoms. The van der Waals surface area contributed by atoms with Crippen LogP contribution in [0.3, 0.4) is 0 Å². The monoisotopic (exact) mass is 546 g/mol. The van der Waals surface area contributed by atoms with Crippen molar-refractivity contribution < 1.29 is 22.7 Å². The first kappa shape index (κ1) is 27.4. The Morgan fingerprint density at radius 2 is 1.84 bits per heavy atom. The predicted molar refractivity (Wildman–Crippen MR) is 136 cm³/mol. The van der Waals surface area contributed by atoms with E-state index in [0.717, 1.165) is 6.07 Å². The van der Waals surface area contributed by atoms with Gasteiger partial charge in [-0.15, -0.1) is 0 Å². The molecule has 1 amide bonds. The third-order valence-corrected chi connectivity index (χ3v) is 6.75. The topological polar surface area (TPSA) is 118 Å². The molecule has 1 aromatic carbocycles. The fourth-order valence-corrected chi connectivity index (χ4v) is 4.94. The molecule has 0 saturated carbocycles. The summed E-state index contributed by atoms with van der Waals surface area (Å²) < 4.78 is 47.2. The van der Waals surface area contributed by atoms with E-state index < -0.39 is 34.5 Å². The Balaban J connectivity index is 1.77. The van der Waals surface area contributed by atoms with Crippen molar-refractivity contribution in [1.29, 1.82) is 5.26 Å². The smallest absolute Gasteiger partial charge is 0.418 e. The number of fused-ring (bicyclic) bond motifs is 1. The molecule has 0 atom stereocenters. The van der Waals surface area contributed by atoms with Gasteiger partial charge in [-0.3, -0.25) is 0 Å². The van der Waals surface area contributed by atoms with Crippen LogP contribution in [0.15, 0.2) is 24.5 Å². The second-order valence-electron chi connectivity index (χ2n) is 10.3. The van der Waals surface area contributed by atoms with Gasteiger partial charge >= 0.3 is 12.3 Å². The summed E-state index contributed by atoms with van der Waals surface area (Å²) in [5.74, 6) is -0.0785. The van der Waals surface area contributed by atoms with Crippen LogP contribution < -0.4 is 5.73 Å². The lowest BCUT2D eigenvalue weighted by atomic mass is 9.75. The number of anilines is 1. The first-order valence-corrected chi connectivity index (χ1v) is 12.2. The average molecular weight is 547 g/mol. The van der Waals surface area contributed by atoms with E-state index in [2.05, 4.69) is 21.0 Å². The fourth-order valence-electron chi connectivity index (χ4n) is 4.69. The third kappa shape index (κ3) is 5.18. The number of hydrogen-bond donors (Lipinski definition) is 1. The van der Waals surface area contributed by atoms with Gasteiger partial charge in [0, 0.05) is 24.0 Å². The van der Waals surface area contributed by atoms with Gasteiger partial charge in [-0.25, -0.2) is 19.7 Å². The molecule has 0 aliphatic carbocycles. The summed E-state index contributed by atoms with van der Waals surface area (Å²) in [6, 6.07) is 6.37. The van der Waals surface area contributed by atoms with Crippen LogP contribution in [-0.2, 0) is 16.3 Å². The van der Waals surface area contributed by atoms with Gasteiger partial charge in [-0.1, -0.05) is 11.6 Å². The van der Waals surface area contributed by atoms with E-state index in [0.29, 0.717) is 16.6 Å². The highest BCUT2D eigenvalue weighted by Crippen LogP contribution is 2.44. The predicted octanol–water partition coefficient (Wildman–Crippen LogP) is 6.05. The Hall–Kier alpha value is -3.65. The van der Waals surface area contributed by atoms with E-state index in [-0.39, 0.29) is 47.9 Å². The molecule has 3 aromatic rings. The zero-order valence-electron chi connectivity index (χ0n) is 21.3. The van der Waals surface area contributed by atoms with Crippen LogP contribution in [0.1, 0.15) is 50.4 Å². The minimum atomic E-state index is -4.69. The van der Waals surface area contributed by atoms with Crippen LogP contribution in [0, 0.1) is 18.3 Å². The molecule has 3 heterocycles. The van der Waals surface area contributed by atoms with Crippen molar-refractivity contribution >= 4 is 34.4 Å². The summed E-state index contributed by atoms with van der Waals surface area (Å²) in [4.78, 5) is 26.6. The van der Waals surface area contributed by atoms with Gasteiger partial charge in [0.15, 0.2) is 0 Å². The maximum atomic E-state index is 13.9. The number of nitrogens with zero attached hydrogens (tertiary/aromatic N) is 5. The molecule has 1 saturated heterocycles. The molecule has 2 aromatic heterocycles. The number of aryl methyl sites for hydroxylation is 1. The number of hydrogen-bond acceptors (Lipinski definition) is 7. The number of nitrogens with two attached hydrogens (primary N) is 1. The van der Waals surface area contributed by atoms with E-state index in [1.165, 1.54) is 25.4 Å². The molecular weight excluding hydrogens is 521 g/mol. The van der Waals surface area contributed by atoms with E-state index in [9.17, 15) is 23.2 Å². The Kier molecular flexibility index (Phi) is 6.91. The number of likely N-dealkylation sites (tertiary alicyclic amines) is 1. The number of carbonyl (C=O) groups excluding carboxylic acids is 1. The van der Waals surface area contributed by atoms with Crippen LogP contribution in [0.4, 0.5) is 23.8 Å². The Morgan fingerprint density at radius 3 is 2.42 bits per heavy atom.